The Bertz CT molecular complexity index is 485. The van der Waals surface area contributed by atoms with Crippen LogP contribution in [0.5, 0.6) is 0 Å². The number of amides is 2. The Hall–Kier alpha value is -1.68. The minimum absolute atomic E-state index is 0.0890. The molecule has 0 spiro atoms. The van der Waals surface area contributed by atoms with Gasteiger partial charge in [0.2, 0.25) is 11.8 Å². The first-order valence-corrected chi connectivity index (χ1v) is 7.12. The molecule has 4 nitrogen and oxygen atoms in total. The zero-order chi connectivity index (χ0) is 14.7. The van der Waals surface area contributed by atoms with Crippen molar-refractivity contribution in [3.63, 3.8) is 0 Å². The lowest BCUT2D eigenvalue weighted by atomic mass is 9.93. The van der Waals surface area contributed by atoms with Gasteiger partial charge in [-0.3, -0.25) is 19.8 Å². The Kier molecular flexibility index (Phi) is 4.55. The number of rotatable bonds is 4. The van der Waals surface area contributed by atoms with Gasteiger partial charge in [0.25, 0.3) is 0 Å². The van der Waals surface area contributed by atoms with Crippen LogP contribution in [0, 0.1) is 5.92 Å². The van der Waals surface area contributed by atoms with Crippen LogP contribution in [0.15, 0.2) is 30.3 Å². The molecule has 1 fully saturated rings. The summed E-state index contributed by atoms with van der Waals surface area (Å²) in [6, 6.07) is 9.98. The number of likely N-dealkylation sites (N-methyl/N-ethyl adjacent to an activating group) is 1. The van der Waals surface area contributed by atoms with Gasteiger partial charge >= 0.3 is 0 Å². The molecule has 0 saturated carbocycles. The molecule has 0 aliphatic carbocycles. The van der Waals surface area contributed by atoms with Crippen molar-refractivity contribution in [1.82, 2.24) is 10.2 Å². The van der Waals surface area contributed by atoms with Gasteiger partial charge in [0.05, 0.1) is 6.04 Å². The standard InChI is InChI=1S/C16H22N2O2/c1-11(2)15(12-7-5-4-6-8-12)17-13-9-10-14(19)18(3)16(13)20/h4-8,11,13,15,17H,9-10H2,1-3H3. The van der Waals surface area contributed by atoms with Crippen molar-refractivity contribution in [2.45, 2.75) is 38.8 Å². The molecule has 0 bridgehead atoms. The molecule has 1 heterocycles. The van der Waals surface area contributed by atoms with E-state index in [-0.39, 0.29) is 23.9 Å². The summed E-state index contributed by atoms with van der Waals surface area (Å²) in [5, 5.41) is 3.43. The zero-order valence-electron chi connectivity index (χ0n) is 12.3. The van der Waals surface area contributed by atoms with E-state index in [2.05, 4.69) is 31.3 Å². The molecule has 1 aromatic rings. The SMILES string of the molecule is CC(C)C(NC1CCC(=O)N(C)C1=O)c1ccccc1. The van der Waals surface area contributed by atoms with Gasteiger partial charge in [-0.1, -0.05) is 44.2 Å². The first kappa shape index (κ1) is 14.7. The van der Waals surface area contributed by atoms with Crippen LogP contribution in [-0.2, 0) is 9.59 Å². The molecule has 1 aliphatic rings. The summed E-state index contributed by atoms with van der Waals surface area (Å²) in [5.41, 5.74) is 1.18. The summed E-state index contributed by atoms with van der Waals surface area (Å²) in [4.78, 5) is 24.9. The highest BCUT2D eigenvalue weighted by Gasteiger charge is 2.33. The summed E-state index contributed by atoms with van der Waals surface area (Å²) < 4.78 is 0. The molecule has 0 aromatic heterocycles. The third-order valence-electron chi connectivity index (χ3n) is 3.86. The molecule has 20 heavy (non-hydrogen) atoms. The summed E-state index contributed by atoms with van der Waals surface area (Å²) in [6.07, 6.45) is 1.01. The Morgan fingerprint density at radius 2 is 1.85 bits per heavy atom. The normalized spacial score (nSPS) is 21.4. The lowest BCUT2D eigenvalue weighted by Gasteiger charge is -2.33. The average Bonchev–Trinajstić information content (AvgIpc) is 2.45. The lowest BCUT2D eigenvalue weighted by Crippen LogP contribution is -2.52. The van der Waals surface area contributed by atoms with Crippen LogP contribution in [0.4, 0.5) is 0 Å². The number of hydrogen-bond acceptors (Lipinski definition) is 3. The fourth-order valence-corrected chi connectivity index (χ4v) is 2.62. The highest BCUT2D eigenvalue weighted by Crippen LogP contribution is 2.24. The average molecular weight is 274 g/mol. The van der Waals surface area contributed by atoms with Gasteiger partial charge in [-0.15, -0.1) is 0 Å². The number of benzene rings is 1. The van der Waals surface area contributed by atoms with Crippen molar-refractivity contribution in [3.05, 3.63) is 35.9 Å². The van der Waals surface area contributed by atoms with E-state index < -0.39 is 0 Å². The molecule has 2 rings (SSSR count). The van der Waals surface area contributed by atoms with Crippen LogP contribution in [0.25, 0.3) is 0 Å². The van der Waals surface area contributed by atoms with Gasteiger partial charge in [0, 0.05) is 19.5 Å². The predicted molar refractivity (Wildman–Crippen MR) is 78.0 cm³/mol. The van der Waals surface area contributed by atoms with Crippen molar-refractivity contribution in [1.29, 1.82) is 0 Å². The van der Waals surface area contributed by atoms with E-state index in [0.717, 1.165) is 0 Å². The maximum atomic E-state index is 12.2. The smallest absolute Gasteiger partial charge is 0.246 e. The van der Waals surface area contributed by atoms with E-state index in [1.165, 1.54) is 10.5 Å². The Balaban J connectivity index is 2.13. The van der Waals surface area contributed by atoms with Gasteiger partial charge in [-0.2, -0.15) is 0 Å². The van der Waals surface area contributed by atoms with Crippen LogP contribution in [-0.4, -0.2) is 29.8 Å². The lowest BCUT2D eigenvalue weighted by molar-refractivity contribution is -0.148. The maximum Gasteiger partial charge on any atom is 0.246 e. The molecular formula is C16H22N2O2. The molecule has 0 radical (unpaired) electrons. The monoisotopic (exact) mass is 274 g/mol. The third kappa shape index (κ3) is 3.07. The molecular weight excluding hydrogens is 252 g/mol. The van der Waals surface area contributed by atoms with Crippen molar-refractivity contribution < 1.29 is 9.59 Å². The molecule has 1 aliphatic heterocycles. The topological polar surface area (TPSA) is 49.4 Å². The number of likely N-dealkylation sites (tertiary alicyclic amines) is 1. The molecule has 2 unspecified atom stereocenters. The van der Waals surface area contributed by atoms with Crippen LogP contribution in [0.2, 0.25) is 0 Å². The van der Waals surface area contributed by atoms with Gasteiger partial charge in [-0.05, 0) is 17.9 Å². The summed E-state index contributed by atoms with van der Waals surface area (Å²) in [6.45, 7) is 4.26. The molecule has 1 N–H and O–H groups in total. The number of piperidine rings is 1. The number of carbonyl (C=O) groups excluding carboxylic acids is 2. The van der Waals surface area contributed by atoms with Gasteiger partial charge < -0.3 is 0 Å². The quantitative estimate of drug-likeness (QED) is 0.856. The number of carbonyl (C=O) groups is 2. The third-order valence-corrected chi connectivity index (χ3v) is 3.86. The van der Waals surface area contributed by atoms with E-state index in [1.807, 2.05) is 18.2 Å². The van der Waals surface area contributed by atoms with Crippen LogP contribution in [0.3, 0.4) is 0 Å². The second-order valence-corrected chi connectivity index (χ2v) is 5.68. The number of imide groups is 1. The van der Waals surface area contributed by atoms with Gasteiger partial charge in [-0.25, -0.2) is 0 Å². The number of nitrogens with zero attached hydrogens (tertiary/aromatic N) is 1. The van der Waals surface area contributed by atoms with E-state index in [1.54, 1.807) is 7.05 Å². The molecule has 2 atom stereocenters. The summed E-state index contributed by atoms with van der Waals surface area (Å²) >= 11 is 0. The van der Waals surface area contributed by atoms with Crippen LogP contribution in [0.1, 0.15) is 38.3 Å². The summed E-state index contributed by atoms with van der Waals surface area (Å²) in [7, 11) is 1.56. The van der Waals surface area contributed by atoms with E-state index in [0.29, 0.717) is 18.8 Å². The van der Waals surface area contributed by atoms with Crippen molar-refractivity contribution in [3.8, 4) is 0 Å². The number of nitrogens with one attached hydrogen (secondary N) is 1. The first-order valence-electron chi connectivity index (χ1n) is 7.12. The van der Waals surface area contributed by atoms with E-state index in [4.69, 9.17) is 0 Å². The largest absolute Gasteiger partial charge is 0.299 e. The highest BCUT2D eigenvalue weighted by atomic mass is 16.2. The van der Waals surface area contributed by atoms with Crippen molar-refractivity contribution >= 4 is 11.8 Å². The van der Waals surface area contributed by atoms with Crippen LogP contribution >= 0.6 is 0 Å². The van der Waals surface area contributed by atoms with Gasteiger partial charge in [0.1, 0.15) is 0 Å². The molecule has 108 valence electrons. The van der Waals surface area contributed by atoms with Crippen molar-refractivity contribution in [2.24, 2.45) is 5.92 Å². The zero-order valence-corrected chi connectivity index (χ0v) is 12.3. The number of hydrogen-bond donors (Lipinski definition) is 1. The molecule has 2 amide bonds. The molecule has 1 aromatic carbocycles. The van der Waals surface area contributed by atoms with Crippen LogP contribution < -0.4 is 5.32 Å². The van der Waals surface area contributed by atoms with Gasteiger partial charge in [0.15, 0.2) is 0 Å². The summed E-state index contributed by atoms with van der Waals surface area (Å²) in [5.74, 6) is 0.157. The van der Waals surface area contributed by atoms with E-state index in [9.17, 15) is 9.59 Å². The minimum Gasteiger partial charge on any atom is -0.299 e. The maximum absolute atomic E-state index is 12.2. The predicted octanol–water partition coefficient (Wildman–Crippen LogP) is 2.12. The Morgan fingerprint density at radius 1 is 1.20 bits per heavy atom. The fourth-order valence-electron chi connectivity index (χ4n) is 2.62. The highest BCUT2D eigenvalue weighted by molar-refractivity contribution is 6.00. The fraction of sp³-hybridized carbons (Fsp3) is 0.500. The second-order valence-electron chi connectivity index (χ2n) is 5.68. The molecule has 1 saturated heterocycles. The van der Waals surface area contributed by atoms with Crippen molar-refractivity contribution in [2.75, 3.05) is 7.05 Å². The first-order chi connectivity index (χ1) is 9.50. The second kappa shape index (κ2) is 6.18. The van der Waals surface area contributed by atoms with E-state index >= 15 is 0 Å². The molecule has 4 heteroatoms. The minimum atomic E-state index is -0.273. The Labute approximate surface area is 120 Å². The Morgan fingerprint density at radius 3 is 2.45 bits per heavy atom.